The molecule has 1 saturated heterocycles. The fourth-order valence-electron chi connectivity index (χ4n) is 5.09. The molecule has 172 valence electrons. The zero-order valence-electron chi connectivity index (χ0n) is 19.2. The Morgan fingerprint density at radius 3 is 2.41 bits per heavy atom. The zero-order chi connectivity index (χ0) is 23.1. The van der Waals surface area contributed by atoms with Crippen molar-refractivity contribution in [3.8, 4) is 5.75 Å². The highest BCUT2D eigenvalue weighted by molar-refractivity contribution is 6.31. The fourth-order valence-corrected chi connectivity index (χ4v) is 5.26. The molecule has 1 N–H and O–H groups in total. The smallest absolute Gasteiger partial charge is 0.124 e. The molecule has 3 heterocycles. The van der Waals surface area contributed by atoms with Crippen LogP contribution >= 0.6 is 11.6 Å². The maximum absolute atomic E-state index is 6.18. The van der Waals surface area contributed by atoms with E-state index in [-0.39, 0.29) is 0 Å². The number of aromatic amines is 1. The lowest BCUT2D eigenvalue weighted by Gasteiger charge is -2.35. The first-order chi connectivity index (χ1) is 16.7. The number of halogens is 1. The van der Waals surface area contributed by atoms with Crippen LogP contribution in [-0.2, 0) is 13.1 Å². The molecule has 2 aromatic heterocycles. The monoisotopic (exact) mass is 470 g/mol. The quantitative estimate of drug-likeness (QED) is 0.350. The lowest BCUT2D eigenvalue weighted by atomic mass is 10.1. The summed E-state index contributed by atoms with van der Waals surface area (Å²) in [7, 11) is 1.76. The normalized spacial score (nSPS) is 15.5. The molecule has 6 heteroatoms. The van der Waals surface area contributed by atoms with Gasteiger partial charge in [-0.3, -0.25) is 14.8 Å². The molecule has 0 aliphatic carbocycles. The molecule has 1 aliphatic rings. The number of nitrogens with one attached hydrogen (secondary N) is 1. The van der Waals surface area contributed by atoms with E-state index in [4.69, 9.17) is 16.3 Å². The minimum Gasteiger partial charge on any atom is -0.496 e. The number of aromatic nitrogens is 2. The predicted molar refractivity (Wildman–Crippen MR) is 140 cm³/mol. The Balaban J connectivity index is 1.25. The third-order valence-corrected chi connectivity index (χ3v) is 7.14. The summed E-state index contributed by atoms with van der Waals surface area (Å²) >= 11 is 6.18. The van der Waals surface area contributed by atoms with Gasteiger partial charge < -0.3 is 9.72 Å². The molecule has 34 heavy (non-hydrogen) atoms. The van der Waals surface area contributed by atoms with E-state index in [0.29, 0.717) is 5.02 Å². The summed E-state index contributed by atoms with van der Waals surface area (Å²) in [5, 5.41) is 4.01. The number of methoxy groups -OCH3 is 1. The summed E-state index contributed by atoms with van der Waals surface area (Å²) in [4.78, 5) is 13.3. The van der Waals surface area contributed by atoms with Gasteiger partial charge in [-0.25, -0.2) is 0 Å². The van der Waals surface area contributed by atoms with Gasteiger partial charge in [-0.15, -0.1) is 0 Å². The summed E-state index contributed by atoms with van der Waals surface area (Å²) in [5.74, 6) is 0.927. The van der Waals surface area contributed by atoms with Gasteiger partial charge in [-0.1, -0.05) is 41.9 Å². The molecule has 0 bridgehead atoms. The standard InChI is InChI=1S/C28H27ClN4O/c1-34-27-15-23-24-16-30-25-14-21(29)7-8-22(25)28(24)31-26(23)13-20(27)18-33-11-9-32(10-12-33)17-19-5-3-2-4-6-19/h2-8,13-16,31H,9-12,17-18H2,1H3. The largest absolute Gasteiger partial charge is 0.496 e. The van der Waals surface area contributed by atoms with Gasteiger partial charge in [0.2, 0.25) is 0 Å². The summed E-state index contributed by atoms with van der Waals surface area (Å²) < 4.78 is 5.83. The van der Waals surface area contributed by atoms with Crippen molar-refractivity contribution in [1.82, 2.24) is 19.8 Å². The van der Waals surface area contributed by atoms with Gasteiger partial charge in [0.15, 0.2) is 0 Å². The summed E-state index contributed by atoms with van der Waals surface area (Å²) in [5.41, 5.74) is 5.68. The molecule has 1 aliphatic heterocycles. The first-order valence-corrected chi connectivity index (χ1v) is 12.1. The zero-order valence-corrected chi connectivity index (χ0v) is 20.0. The number of nitrogens with zero attached hydrogens (tertiary/aromatic N) is 3. The van der Waals surface area contributed by atoms with E-state index in [1.165, 1.54) is 11.1 Å². The molecule has 6 rings (SSSR count). The Hall–Kier alpha value is -3.12. The van der Waals surface area contributed by atoms with Gasteiger partial charge in [0.25, 0.3) is 0 Å². The average Bonchev–Trinajstić information content (AvgIpc) is 3.22. The molecule has 1 fully saturated rings. The first-order valence-electron chi connectivity index (χ1n) is 11.7. The number of rotatable bonds is 5. The number of benzene rings is 3. The van der Waals surface area contributed by atoms with Gasteiger partial charge >= 0.3 is 0 Å². The number of piperazine rings is 1. The van der Waals surface area contributed by atoms with Gasteiger partial charge in [0.1, 0.15) is 5.75 Å². The minimum absolute atomic E-state index is 0.697. The van der Waals surface area contributed by atoms with Crippen molar-refractivity contribution in [3.05, 3.63) is 83.0 Å². The minimum atomic E-state index is 0.697. The molecule has 5 aromatic rings. The van der Waals surface area contributed by atoms with E-state index in [1.54, 1.807) is 7.11 Å². The molecule has 0 amide bonds. The molecular formula is C28H27ClN4O. The SMILES string of the molecule is COc1cc2c(cc1CN1CCN(Cc3ccccc3)CC1)[nH]c1c3ccc(Cl)cc3ncc21. The maximum Gasteiger partial charge on any atom is 0.124 e. The number of pyridine rings is 1. The Morgan fingerprint density at radius 2 is 1.65 bits per heavy atom. The second-order valence-electron chi connectivity index (χ2n) is 9.08. The van der Waals surface area contributed by atoms with Crippen molar-refractivity contribution in [1.29, 1.82) is 0 Å². The van der Waals surface area contributed by atoms with Crippen LogP contribution in [-0.4, -0.2) is 53.1 Å². The molecule has 3 aromatic carbocycles. The van der Waals surface area contributed by atoms with Crippen LogP contribution in [0.3, 0.4) is 0 Å². The van der Waals surface area contributed by atoms with Crippen molar-refractivity contribution in [2.45, 2.75) is 13.1 Å². The van der Waals surface area contributed by atoms with Gasteiger partial charge in [-0.2, -0.15) is 0 Å². The van der Waals surface area contributed by atoms with Crippen LogP contribution in [0.25, 0.3) is 32.7 Å². The van der Waals surface area contributed by atoms with Crippen molar-refractivity contribution < 1.29 is 4.74 Å². The van der Waals surface area contributed by atoms with Crippen molar-refractivity contribution in [3.63, 3.8) is 0 Å². The Kier molecular flexibility index (Phi) is 5.61. The van der Waals surface area contributed by atoms with E-state index in [9.17, 15) is 0 Å². The van der Waals surface area contributed by atoms with E-state index in [0.717, 1.165) is 77.7 Å². The highest BCUT2D eigenvalue weighted by Crippen LogP contribution is 2.35. The molecule has 0 spiro atoms. The molecular weight excluding hydrogens is 444 g/mol. The topological polar surface area (TPSA) is 44.4 Å². The van der Waals surface area contributed by atoms with Crippen LogP contribution in [0.1, 0.15) is 11.1 Å². The van der Waals surface area contributed by atoms with Crippen LogP contribution in [0.2, 0.25) is 5.02 Å². The van der Waals surface area contributed by atoms with Crippen LogP contribution in [0.5, 0.6) is 5.75 Å². The molecule has 0 unspecified atom stereocenters. The first kappa shape index (κ1) is 21.4. The summed E-state index contributed by atoms with van der Waals surface area (Å²) in [6.45, 7) is 6.15. The van der Waals surface area contributed by atoms with E-state index in [1.807, 2.05) is 24.4 Å². The number of H-pyrrole nitrogens is 1. The van der Waals surface area contributed by atoms with Crippen LogP contribution in [0.4, 0.5) is 0 Å². The van der Waals surface area contributed by atoms with Crippen LogP contribution < -0.4 is 4.74 Å². The Morgan fingerprint density at radius 1 is 0.882 bits per heavy atom. The van der Waals surface area contributed by atoms with Crippen LogP contribution in [0, 0.1) is 0 Å². The number of hydrogen-bond acceptors (Lipinski definition) is 4. The second-order valence-corrected chi connectivity index (χ2v) is 9.52. The lowest BCUT2D eigenvalue weighted by Crippen LogP contribution is -2.45. The maximum atomic E-state index is 6.18. The second kappa shape index (κ2) is 8.91. The third kappa shape index (κ3) is 4.00. The van der Waals surface area contributed by atoms with Crippen molar-refractivity contribution in [2.24, 2.45) is 0 Å². The average molecular weight is 471 g/mol. The van der Waals surface area contributed by atoms with E-state index < -0.39 is 0 Å². The highest BCUT2D eigenvalue weighted by atomic mass is 35.5. The van der Waals surface area contributed by atoms with Gasteiger partial charge in [0.05, 0.1) is 18.1 Å². The third-order valence-electron chi connectivity index (χ3n) is 6.91. The molecule has 0 atom stereocenters. The van der Waals surface area contributed by atoms with Crippen LogP contribution in [0.15, 0.2) is 66.9 Å². The molecule has 0 saturated carbocycles. The fraction of sp³-hybridized carbons (Fsp3) is 0.250. The Bertz CT molecular complexity index is 1470. The predicted octanol–water partition coefficient (Wildman–Crippen LogP) is 5.85. The van der Waals surface area contributed by atoms with E-state index in [2.05, 4.69) is 62.2 Å². The highest BCUT2D eigenvalue weighted by Gasteiger charge is 2.20. The Labute approximate surface area is 203 Å². The number of hydrogen-bond donors (Lipinski definition) is 1. The number of fused-ring (bicyclic) bond motifs is 5. The molecule has 5 nitrogen and oxygen atoms in total. The summed E-state index contributed by atoms with van der Waals surface area (Å²) in [6, 6.07) is 21.0. The van der Waals surface area contributed by atoms with Gasteiger partial charge in [-0.05, 0) is 35.9 Å². The number of ether oxygens (including phenoxy) is 1. The lowest BCUT2D eigenvalue weighted by molar-refractivity contribution is 0.121. The summed E-state index contributed by atoms with van der Waals surface area (Å²) in [6.07, 6.45) is 1.93. The van der Waals surface area contributed by atoms with Gasteiger partial charge in [0, 0.05) is 77.7 Å². The van der Waals surface area contributed by atoms with Crippen molar-refractivity contribution in [2.75, 3.05) is 33.3 Å². The molecule has 0 radical (unpaired) electrons. The van der Waals surface area contributed by atoms with Crippen molar-refractivity contribution >= 4 is 44.3 Å². The van der Waals surface area contributed by atoms with E-state index >= 15 is 0 Å².